The molecule has 0 aliphatic carbocycles. The number of carbonyl (C=O) groups is 4. The molecule has 0 atom stereocenters. The van der Waals surface area contributed by atoms with Gasteiger partial charge in [0, 0.05) is 0 Å². The zero-order chi connectivity index (χ0) is 38.2. The van der Waals surface area contributed by atoms with E-state index >= 15 is 0 Å². The molecule has 0 saturated carbocycles. The SMILES string of the molecule is COC(=O)c1ccccc1Nc1ccccc1Nc1ccc(-c2ccc(Nc3ccccc3Nc3ccccc3C(=O)O)c(C(=O)O)c2)cc1C(=O)OC. The highest BCUT2D eigenvalue weighted by Crippen LogP contribution is 2.36. The smallest absolute Gasteiger partial charge is 0.339 e. The molecule has 54 heavy (non-hydrogen) atoms. The number of rotatable bonds is 13. The molecule has 0 radical (unpaired) electrons. The molecule has 0 saturated heterocycles. The maximum Gasteiger partial charge on any atom is 0.339 e. The zero-order valence-electron chi connectivity index (χ0n) is 29.0. The van der Waals surface area contributed by atoms with E-state index in [9.17, 15) is 29.4 Å². The molecule has 12 nitrogen and oxygen atoms in total. The van der Waals surface area contributed by atoms with Crippen molar-refractivity contribution >= 4 is 69.4 Å². The highest BCUT2D eigenvalue weighted by atomic mass is 16.5. The molecule has 6 aromatic rings. The molecule has 0 fully saturated rings. The predicted octanol–water partition coefficient (Wildman–Crippen LogP) is 9.30. The second-order valence-electron chi connectivity index (χ2n) is 11.8. The van der Waals surface area contributed by atoms with Gasteiger partial charge in [-0.3, -0.25) is 0 Å². The van der Waals surface area contributed by atoms with Crippen LogP contribution in [0.3, 0.4) is 0 Å². The standard InChI is InChI=1S/C42H34N4O8/c1-53-41(51)28-12-4-6-14-32(28)44-36-16-8-10-18-38(36)46-34-22-20-26(24-30(34)42(52)54-2)25-19-21-33(29(23-25)40(49)50)45-37-17-9-7-15-35(37)43-31-13-5-3-11-27(31)39(47)48/h3-24,43-46H,1-2H3,(H,47,48)(H,49,50). The van der Waals surface area contributed by atoms with Crippen LogP contribution in [-0.2, 0) is 9.47 Å². The number of carboxylic acids is 2. The number of nitrogens with one attached hydrogen (secondary N) is 4. The van der Waals surface area contributed by atoms with E-state index < -0.39 is 23.9 Å². The minimum absolute atomic E-state index is 0.0395. The average Bonchev–Trinajstić information content (AvgIpc) is 3.19. The van der Waals surface area contributed by atoms with Gasteiger partial charge in [-0.25, -0.2) is 19.2 Å². The molecule has 6 aromatic carbocycles. The quantitative estimate of drug-likeness (QED) is 0.0624. The zero-order valence-corrected chi connectivity index (χ0v) is 29.0. The molecule has 0 bridgehead atoms. The number of methoxy groups -OCH3 is 2. The number of hydrogen-bond acceptors (Lipinski definition) is 10. The topological polar surface area (TPSA) is 175 Å². The Morgan fingerprint density at radius 2 is 0.704 bits per heavy atom. The van der Waals surface area contributed by atoms with Crippen molar-refractivity contribution in [2.75, 3.05) is 35.5 Å². The van der Waals surface area contributed by atoms with Crippen molar-refractivity contribution in [1.29, 1.82) is 0 Å². The summed E-state index contributed by atoms with van der Waals surface area (Å²) in [5, 5.41) is 32.8. The van der Waals surface area contributed by atoms with E-state index in [2.05, 4.69) is 21.3 Å². The minimum atomic E-state index is -1.19. The van der Waals surface area contributed by atoms with Crippen molar-refractivity contribution < 1.29 is 38.9 Å². The molecule has 0 heterocycles. The monoisotopic (exact) mass is 722 g/mol. The molecule has 0 amide bonds. The Kier molecular flexibility index (Phi) is 10.8. The Labute approximate surface area is 310 Å². The van der Waals surface area contributed by atoms with Gasteiger partial charge < -0.3 is 41.0 Å². The van der Waals surface area contributed by atoms with E-state index in [1.165, 1.54) is 26.4 Å². The lowest BCUT2D eigenvalue weighted by molar-refractivity contribution is 0.0593. The van der Waals surface area contributed by atoms with Crippen molar-refractivity contribution in [3.8, 4) is 11.1 Å². The maximum absolute atomic E-state index is 13.1. The van der Waals surface area contributed by atoms with Gasteiger partial charge in [-0.15, -0.1) is 0 Å². The number of carbonyl (C=O) groups excluding carboxylic acids is 2. The first kappa shape index (κ1) is 36.2. The molecule has 0 aromatic heterocycles. The molecule has 270 valence electrons. The van der Waals surface area contributed by atoms with Crippen molar-refractivity contribution in [3.05, 3.63) is 156 Å². The van der Waals surface area contributed by atoms with E-state index in [-0.39, 0.29) is 22.4 Å². The summed E-state index contributed by atoms with van der Waals surface area (Å²) in [7, 11) is 2.58. The van der Waals surface area contributed by atoms with Gasteiger partial charge in [0.15, 0.2) is 0 Å². The van der Waals surface area contributed by atoms with Gasteiger partial charge in [0.25, 0.3) is 0 Å². The number of hydrogen-bond donors (Lipinski definition) is 6. The van der Waals surface area contributed by atoms with E-state index in [4.69, 9.17) is 9.47 Å². The van der Waals surface area contributed by atoms with Crippen molar-refractivity contribution in [1.82, 2.24) is 0 Å². The van der Waals surface area contributed by atoms with Crippen LogP contribution in [0.1, 0.15) is 41.4 Å². The van der Waals surface area contributed by atoms with Gasteiger partial charge in [-0.2, -0.15) is 0 Å². The third-order valence-corrected chi connectivity index (χ3v) is 8.43. The van der Waals surface area contributed by atoms with Gasteiger partial charge in [0.2, 0.25) is 0 Å². The molecule has 6 rings (SSSR count). The molecule has 6 N–H and O–H groups in total. The third kappa shape index (κ3) is 7.98. The summed E-state index contributed by atoms with van der Waals surface area (Å²) in [6.07, 6.45) is 0. The minimum Gasteiger partial charge on any atom is -0.478 e. The van der Waals surface area contributed by atoms with Gasteiger partial charge in [0.1, 0.15) is 0 Å². The summed E-state index contributed by atoms with van der Waals surface area (Å²) in [6, 6.07) is 37.6. The summed E-state index contributed by atoms with van der Waals surface area (Å²) in [6.45, 7) is 0. The lowest BCUT2D eigenvalue weighted by Crippen LogP contribution is -2.08. The lowest BCUT2D eigenvalue weighted by Gasteiger charge is -2.18. The molecule has 0 unspecified atom stereocenters. The largest absolute Gasteiger partial charge is 0.478 e. The van der Waals surface area contributed by atoms with Crippen LogP contribution in [0.5, 0.6) is 0 Å². The summed E-state index contributed by atoms with van der Waals surface area (Å²) in [4.78, 5) is 49.9. The number of aromatic carboxylic acids is 2. The van der Waals surface area contributed by atoms with Crippen molar-refractivity contribution in [2.45, 2.75) is 0 Å². The van der Waals surface area contributed by atoms with Crippen molar-refractivity contribution in [2.24, 2.45) is 0 Å². The molecule has 0 spiro atoms. The van der Waals surface area contributed by atoms with E-state index in [1.54, 1.807) is 97.1 Å². The average molecular weight is 723 g/mol. The van der Waals surface area contributed by atoms with E-state index in [1.807, 2.05) is 24.3 Å². The van der Waals surface area contributed by atoms with Gasteiger partial charge >= 0.3 is 23.9 Å². The number of carboxylic acid groups (broad SMARTS) is 2. The lowest BCUT2D eigenvalue weighted by atomic mass is 9.98. The summed E-state index contributed by atoms with van der Waals surface area (Å²) in [5.41, 5.74) is 5.53. The van der Waals surface area contributed by atoms with Crippen LogP contribution in [0.25, 0.3) is 11.1 Å². The summed E-state index contributed by atoms with van der Waals surface area (Å²) < 4.78 is 10.0. The van der Waals surface area contributed by atoms with Gasteiger partial charge in [-0.1, -0.05) is 60.7 Å². The number of para-hydroxylation sites is 6. The summed E-state index contributed by atoms with van der Waals surface area (Å²) in [5.74, 6) is -3.40. The molecule has 0 aliphatic heterocycles. The van der Waals surface area contributed by atoms with Crippen molar-refractivity contribution in [3.63, 3.8) is 0 Å². The van der Waals surface area contributed by atoms with E-state index in [0.717, 1.165) is 0 Å². The van der Waals surface area contributed by atoms with Crippen LogP contribution >= 0.6 is 0 Å². The Hall–Kier alpha value is -7.60. The van der Waals surface area contributed by atoms with Gasteiger partial charge in [0.05, 0.1) is 82.0 Å². The fraction of sp³-hybridized carbons (Fsp3) is 0.0476. The molecule has 12 heteroatoms. The fourth-order valence-electron chi connectivity index (χ4n) is 5.76. The van der Waals surface area contributed by atoms with Crippen LogP contribution in [0, 0.1) is 0 Å². The normalized spacial score (nSPS) is 10.5. The summed E-state index contributed by atoms with van der Waals surface area (Å²) >= 11 is 0. The van der Waals surface area contributed by atoms with Gasteiger partial charge in [-0.05, 0) is 83.9 Å². The first-order valence-corrected chi connectivity index (χ1v) is 16.5. The first-order valence-electron chi connectivity index (χ1n) is 16.5. The van der Waals surface area contributed by atoms with E-state index in [0.29, 0.717) is 56.5 Å². The number of benzene rings is 6. The van der Waals surface area contributed by atoms with Crippen LogP contribution in [0.15, 0.2) is 133 Å². The predicted molar refractivity (Wildman–Crippen MR) is 207 cm³/mol. The Morgan fingerprint density at radius 3 is 1.13 bits per heavy atom. The second kappa shape index (κ2) is 16.2. The third-order valence-electron chi connectivity index (χ3n) is 8.43. The molecular formula is C42H34N4O8. The van der Waals surface area contributed by atoms with Crippen LogP contribution in [0.2, 0.25) is 0 Å². The maximum atomic E-state index is 13.1. The highest BCUT2D eigenvalue weighted by molar-refractivity contribution is 6.02. The fourth-order valence-corrected chi connectivity index (χ4v) is 5.76. The van der Waals surface area contributed by atoms with Crippen LogP contribution in [-0.4, -0.2) is 48.3 Å². The number of anilines is 8. The van der Waals surface area contributed by atoms with Crippen LogP contribution in [0.4, 0.5) is 45.5 Å². The Morgan fingerprint density at radius 1 is 0.389 bits per heavy atom. The molecule has 0 aliphatic rings. The molecular weight excluding hydrogens is 688 g/mol. The first-order chi connectivity index (χ1) is 26.2. The Bertz CT molecular complexity index is 2390. The highest BCUT2D eigenvalue weighted by Gasteiger charge is 2.19. The van der Waals surface area contributed by atoms with Crippen LogP contribution < -0.4 is 21.3 Å². The number of ether oxygens (including phenoxy) is 2. The number of esters is 2. The Balaban J connectivity index is 1.30. The second-order valence-corrected chi connectivity index (χ2v) is 11.8.